The average Bonchev–Trinajstić information content (AvgIpc) is 2.06. The van der Waals surface area contributed by atoms with E-state index in [1.807, 2.05) is 0 Å². The predicted molar refractivity (Wildman–Crippen MR) is 59.5 cm³/mol. The normalized spacial score (nSPS) is 10.2. The Morgan fingerprint density at radius 3 is 1.69 bits per heavy atom. The molecule has 0 spiro atoms. The lowest BCUT2D eigenvalue weighted by Gasteiger charge is -2.09. The van der Waals surface area contributed by atoms with Gasteiger partial charge >= 0.3 is 0 Å². The molecule has 0 radical (unpaired) electrons. The van der Waals surface area contributed by atoms with Gasteiger partial charge in [0.25, 0.3) is 7.73 Å². The third-order valence-corrected chi connectivity index (χ3v) is 2.74. The zero-order valence-electron chi connectivity index (χ0n) is 8.59. The fourth-order valence-electron chi connectivity index (χ4n) is 0.599. The SMILES string of the molecule is CCCCOP(Cl)OCCCC.N. The van der Waals surface area contributed by atoms with Gasteiger partial charge in [-0.25, -0.2) is 0 Å². The summed E-state index contributed by atoms with van der Waals surface area (Å²) in [5.74, 6) is 0. The van der Waals surface area contributed by atoms with Crippen molar-refractivity contribution in [2.45, 2.75) is 39.5 Å². The van der Waals surface area contributed by atoms with E-state index in [4.69, 9.17) is 20.3 Å². The maximum Gasteiger partial charge on any atom is 0.276 e. The van der Waals surface area contributed by atoms with Crippen molar-refractivity contribution in [1.82, 2.24) is 6.15 Å². The van der Waals surface area contributed by atoms with Gasteiger partial charge in [-0.1, -0.05) is 26.7 Å². The fraction of sp³-hybridized carbons (Fsp3) is 1.00. The Morgan fingerprint density at radius 2 is 1.38 bits per heavy atom. The summed E-state index contributed by atoms with van der Waals surface area (Å²) >= 11 is 5.77. The van der Waals surface area contributed by atoms with E-state index < -0.39 is 7.73 Å². The lowest BCUT2D eigenvalue weighted by atomic mass is 10.4. The highest BCUT2D eigenvalue weighted by molar-refractivity contribution is 7.76. The van der Waals surface area contributed by atoms with Crippen LogP contribution in [0.1, 0.15) is 39.5 Å². The van der Waals surface area contributed by atoms with Crippen LogP contribution in [-0.2, 0) is 9.05 Å². The minimum absolute atomic E-state index is 0. The Kier molecular flexibility index (Phi) is 15.6. The first kappa shape index (κ1) is 16.0. The molecule has 0 heterocycles. The molecular weight excluding hydrogens is 209 g/mol. The molecule has 0 aromatic rings. The van der Waals surface area contributed by atoms with Crippen LogP contribution in [0.2, 0.25) is 0 Å². The summed E-state index contributed by atoms with van der Waals surface area (Å²) in [6.45, 7) is 5.69. The van der Waals surface area contributed by atoms with E-state index in [1.54, 1.807) is 0 Å². The Morgan fingerprint density at radius 1 is 1.00 bits per heavy atom. The van der Waals surface area contributed by atoms with E-state index in [-0.39, 0.29) is 6.15 Å². The number of hydrogen-bond donors (Lipinski definition) is 1. The topological polar surface area (TPSA) is 53.5 Å². The Bertz CT molecular complexity index is 88.2. The van der Waals surface area contributed by atoms with Crippen LogP contribution < -0.4 is 6.15 Å². The summed E-state index contributed by atoms with van der Waals surface area (Å²) in [6, 6.07) is 0. The van der Waals surface area contributed by atoms with Crippen LogP contribution in [0.25, 0.3) is 0 Å². The van der Waals surface area contributed by atoms with E-state index in [0.717, 1.165) is 38.9 Å². The molecule has 13 heavy (non-hydrogen) atoms. The molecule has 0 rings (SSSR count). The number of hydrogen-bond acceptors (Lipinski definition) is 3. The van der Waals surface area contributed by atoms with Crippen molar-refractivity contribution >= 4 is 19.0 Å². The van der Waals surface area contributed by atoms with E-state index in [2.05, 4.69) is 13.8 Å². The van der Waals surface area contributed by atoms with Crippen molar-refractivity contribution in [3.8, 4) is 0 Å². The summed E-state index contributed by atoms with van der Waals surface area (Å²) in [7, 11) is -1.13. The summed E-state index contributed by atoms with van der Waals surface area (Å²) < 4.78 is 10.5. The van der Waals surface area contributed by atoms with E-state index in [1.165, 1.54) is 0 Å². The summed E-state index contributed by atoms with van der Waals surface area (Å²) in [5.41, 5.74) is 0. The number of unbranched alkanes of at least 4 members (excludes halogenated alkanes) is 2. The Labute approximate surface area is 87.4 Å². The molecule has 0 fully saturated rings. The third kappa shape index (κ3) is 12.6. The summed E-state index contributed by atoms with van der Waals surface area (Å²) in [6.07, 6.45) is 4.38. The lowest BCUT2D eigenvalue weighted by Crippen LogP contribution is -1.91. The molecule has 0 bridgehead atoms. The summed E-state index contributed by atoms with van der Waals surface area (Å²) in [5, 5.41) is 0. The smallest absolute Gasteiger partial charge is 0.276 e. The Balaban J connectivity index is 0. The van der Waals surface area contributed by atoms with Crippen molar-refractivity contribution < 1.29 is 9.05 Å². The highest BCUT2D eigenvalue weighted by atomic mass is 35.7. The lowest BCUT2D eigenvalue weighted by molar-refractivity contribution is 0.254. The highest BCUT2D eigenvalue weighted by Gasteiger charge is 2.04. The van der Waals surface area contributed by atoms with Gasteiger partial charge in [-0.15, -0.1) is 0 Å². The van der Waals surface area contributed by atoms with Gasteiger partial charge in [-0.2, -0.15) is 0 Å². The molecule has 0 saturated carbocycles. The second kappa shape index (κ2) is 12.6. The van der Waals surface area contributed by atoms with Gasteiger partial charge in [0.15, 0.2) is 0 Å². The molecule has 3 nitrogen and oxygen atoms in total. The molecule has 0 aliphatic rings. The van der Waals surface area contributed by atoms with Gasteiger partial charge in [0, 0.05) is 0 Å². The van der Waals surface area contributed by atoms with E-state index in [9.17, 15) is 0 Å². The first-order valence-electron chi connectivity index (χ1n) is 4.53. The predicted octanol–water partition coefficient (Wildman–Crippen LogP) is 4.25. The molecule has 0 saturated heterocycles. The van der Waals surface area contributed by atoms with Gasteiger partial charge < -0.3 is 15.2 Å². The fourth-order valence-corrected chi connectivity index (χ4v) is 1.63. The monoisotopic (exact) mass is 229 g/mol. The van der Waals surface area contributed by atoms with Gasteiger partial charge in [0.2, 0.25) is 0 Å². The van der Waals surface area contributed by atoms with Gasteiger partial charge in [-0.05, 0) is 24.1 Å². The molecule has 0 unspecified atom stereocenters. The molecule has 3 N–H and O–H groups in total. The maximum atomic E-state index is 5.77. The zero-order valence-corrected chi connectivity index (χ0v) is 10.2. The van der Waals surface area contributed by atoms with Crippen LogP contribution in [0, 0.1) is 0 Å². The minimum Gasteiger partial charge on any atom is -0.344 e. The number of halogens is 1. The second-order valence-electron chi connectivity index (χ2n) is 2.59. The first-order chi connectivity index (χ1) is 5.81. The molecule has 0 atom stereocenters. The van der Waals surface area contributed by atoms with E-state index in [0.29, 0.717) is 0 Å². The largest absolute Gasteiger partial charge is 0.344 e. The molecule has 82 valence electrons. The quantitative estimate of drug-likeness (QED) is 0.500. The van der Waals surface area contributed by atoms with E-state index >= 15 is 0 Å². The van der Waals surface area contributed by atoms with Crippen LogP contribution in [0.4, 0.5) is 0 Å². The minimum atomic E-state index is -1.13. The van der Waals surface area contributed by atoms with Crippen LogP contribution >= 0.6 is 19.0 Å². The zero-order chi connectivity index (χ0) is 9.23. The van der Waals surface area contributed by atoms with Crippen molar-refractivity contribution in [1.29, 1.82) is 0 Å². The van der Waals surface area contributed by atoms with Crippen LogP contribution in [0.3, 0.4) is 0 Å². The molecule has 5 heteroatoms. The highest BCUT2D eigenvalue weighted by Crippen LogP contribution is 2.43. The van der Waals surface area contributed by atoms with Crippen LogP contribution in [0.5, 0.6) is 0 Å². The average molecular weight is 230 g/mol. The summed E-state index contributed by atoms with van der Waals surface area (Å²) in [4.78, 5) is 0. The second-order valence-corrected chi connectivity index (χ2v) is 4.36. The van der Waals surface area contributed by atoms with Crippen LogP contribution in [0.15, 0.2) is 0 Å². The van der Waals surface area contributed by atoms with Crippen LogP contribution in [-0.4, -0.2) is 13.2 Å². The standard InChI is InChI=1S/C8H18ClO2P.H3N/c1-3-5-7-10-12(9)11-8-6-4-2;/h3-8H2,1-2H3;1H3. The maximum absolute atomic E-state index is 5.77. The molecule has 0 aromatic heterocycles. The van der Waals surface area contributed by atoms with Crippen molar-refractivity contribution in [2.75, 3.05) is 13.2 Å². The van der Waals surface area contributed by atoms with Crippen molar-refractivity contribution in [2.24, 2.45) is 0 Å². The van der Waals surface area contributed by atoms with Gasteiger partial charge in [0.1, 0.15) is 0 Å². The molecule has 0 amide bonds. The number of rotatable bonds is 8. The van der Waals surface area contributed by atoms with Crippen molar-refractivity contribution in [3.63, 3.8) is 0 Å². The molecular formula is C8H21ClNO2P. The Hall–Kier alpha value is 0.600. The molecule has 0 aromatic carbocycles. The van der Waals surface area contributed by atoms with Gasteiger partial charge in [0.05, 0.1) is 13.2 Å². The van der Waals surface area contributed by atoms with Crippen molar-refractivity contribution in [3.05, 3.63) is 0 Å². The third-order valence-electron chi connectivity index (χ3n) is 1.38. The van der Waals surface area contributed by atoms with Gasteiger partial charge in [-0.3, -0.25) is 0 Å². The molecule has 0 aliphatic heterocycles. The molecule has 0 aliphatic carbocycles. The first-order valence-corrected chi connectivity index (χ1v) is 6.61.